The molecule has 1 unspecified atom stereocenters. The lowest BCUT2D eigenvalue weighted by molar-refractivity contribution is 0.453. The Kier molecular flexibility index (Phi) is 4.76. The van der Waals surface area contributed by atoms with Gasteiger partial charge in [0, 0.05) is 25.1 Å². The van der Waals surface area contributed by atoms with Gasteiger partial charge in [0.05, 0.1) is 29.2 Å². The second-order valence-electron chi connectivity index (χ2n) is 8.77. The monoisotopic (exact) mass is 393 g/mol. The largest absolute Gasteiger partial charge is 0.337 e. The average Bonchev–Trinajstić information content (AvgIpc) is 3.13. The van der Waals surface area contributed by atoms with Gasteiger partial charge in [0.1, 0.15) is 0 Å². The maximum absolute atomic E-state index is 12.8. The quantitative estimate of drug-likeness (QED) is 0.683. The zero-order valence-electron chi connectivity index (χ0n) is 17.4. The predicted octanol–water partition coefficient (Wildman–Crippen LogP) is 2.46. The van der Waals surface area contributed by atoms with Crippen LogP contribution >= 0.6 is 0 Å². The minimum absolute atomic E-state index is 0.0544. The lowest BCUT2D eigenvalue weighted by atomic mass is 9.92. The molecule has 152 valence electrons. The molecule has 1 atom stereocenters. The Hall–Kier alpha value is -2.96. The topological polar surface area (TPSA) is 73.0 Å². The lowest BCUT2D eigenvalue weighted by Crippen LogP contribution is -2.40. The van der Waals surface area contributed by atoms with Gasteiger partial charge >= 0.3 is 0 Å². The highest BCUT2D eigenvalue weighted by atomic mass is 16.1. The second kappa shape index (κ2) is 7.13. The molecule has 0 N–H and O–H groups in total. The molecule has 29 heavy (non-hydrogen) atoms. The molecule has 3 heterocycles. The molecule has 1 aliphatic heterocycles. The number of hydrogen-bond donors (Lipinski definition) is 0. The van der Waals surface area contributed by atoms with Gasteiger partial charge in [-0.25, -0.2) is 9.67 Å². The van der Waals surface area contributed by atoms with Crippen molar-refractivity contribution < 1.29 is 0 Å². The molecule has 3 aromatic rings. The minimum Gasteiger partial charge on any atom is -0.337 e. The third-order valence-corrected chi connectivity index (χ3v) is 5.61. The smallest absolute Gasteiger partial charge is 0.266 e. The molecule has 0 amide bonds. The van der Waals surface area contributed by atoms with Crippen LogP contribution in [-0.2, 0) is 19.0 Å². The normalized spacial score (nSPS) is 17.2. The van der Waals surface area contributed by atoms with E-state index in [1.807, 2.05) is 18.2 Å². The van der Waals surface area contributed by atoms with Gasteiger partial charge in [-0.05, 0) is 31.0 Å². The van der Waals surface area contributed by atoms with Gasteiger partial charge in [-0.3, -0.25) is 14.2 Å². The van der Waals surface area contributed by atoms with Gasteiger partial charge in [0.25, 0.3) is 11.1 Å². The molecule has 0 spiro atoms. The number of benzene rings is 1. The van der Waals surface area contributed by atoms with E-state index in [4.69, 9.17) is 4.98 Å². The van der Waals surface area contributed by atoms with Crippen molar-refractivity contribution in [1.29, 1.82) is 0 Å². The fourth-order valence-corrected chi connectivity index (χ4v) is 3.93. The number of aromatic nitrogens is 4. The van der Waals surface area contributed by atoms with Crippen LogP contribution in [0.3, 0.4) is 0 Å². The Morgan fingerprint density at radius 2 is 1.86 bits per heavy atom. The summed E-state index contributed by atoms with van der Waals surface area (Å²) in [5.74, 6) is 0.649. The Morgan fingerprint density at radius 3 is 2.62 bits per heavy atom. The van der Waals surface area contributed by atoms with Crippen LogP contribution in [0, 0.1) is 0 Å². The van der Waals surface area contributed by atoms with E-state index in [-0.39, 0.29) is 22.6 Å². The van der Waals surface area contributed by atoms with Crippen molar-refractivity contribution in [2.45, 2.75) is 51.6 Å². The zero-order chi connectivity index (χ0) is 20.8. The van der Waals surface area contributed by atoms with Gasteiger partial charge in [0.15, 0.2) is 0 Å². The number of anilines is 1. The van der Waals surface area contributed by atoms with E-state index < -0.39 is 0 Å². The average molecular weight is 393 g/mol. The first-order valence-corrected chi connectivity index (χ1v) is 10.1. The molecule has 1 saturated heterocycles. The van der Waals surface area contributed by atoms with Crippen LogP contribution in [0.15, 0.2) is 46.0 Å². The molecule has 0 radical (unpaired) electrons. The first-order valence-electron chi connectivity index (χ1n) is 10.1. The van der Waals surface area contributed by atoms with E-state index in [1.165, 1.54) is 0 Å². The number of hydrogen-bond acceptors (Lipinski definition) is 5. The van der Waals surface area contributed by atoms with Crippen LogP contribution in [0.1, 0.15) is 39.3 Å². The lowest BCUT2D eigenvalue weighted by Gasteiger charge is -2.28. The number of para-hydroxylation sites is 1. The molecule has 1 aromatic carbocycles. The Labute approximate surface area is 169 Å². The summed E-state index contributed by atoms with van der Waals surface area (Å²) in [6.07, 6.45) is 1.91. The summed E-state index contributed by atoms with van der Waals surface area (Å²) in [5, 5.41) is 5.23. The van der Waals surface area contributed by atoms with Gasteiger partial charge < -0.3 is 4.90 Å². The first-order chi connectivity index (χ1) is 13.8. The third-order valence-electron chi connectivity index (χ3n) is 5.61. The van der Waals surface area contributed by atoms with Crippen LogP contribution < -0.4 is 16.0 Å². The number of nitrogens with zero attached hydrogens (tertiary/aromatic N) is 5. The van der Waals surface area contributed by atoms with E-state index in [0.29, 0.717) is 23.4 Å². The molecule has 0 aliphatic carbocycles. The first kappa shape index (κ1) is 19.4. The second-order valence-corrected chi connectivity index (χ2v) is 8.77. The van der Waals surface area contributed by atoms with Crippen molar-refractivity contribution in [2.24, 2.45) is 7.05 Å². The summed E-state index contributed by atoms with van der Waals surface area (Å²) in [4.78, 5) is 32.2. The van der Waals surface area contributed by atoms with Crippen LogP contribution in [0.4, 0.5) is 5.95 Å². The summed E-state index contributed by atoms with van der Waals surface area (Å²) in [5.41, 5.74) is 1.29. The highest BCUT2D eigenvalue weighted by molar-refractivity contribution is 5.78. The van der Waals surface area contributed by atoms with E-state index in [2.05, 4.69) is 30.8 Å². The fraction of sp³-hybridized carbons (Fsp3) is 0.455. The van der Waals surface area contributed by atoms with Crippen molar-refractivity contribution in [3.8, 4) is 0 Å². The molecule has 7 nitrogen and oxygen atoms in total. The van der Waals surface area contributed by atoms with Gasteiger partial charge in [-0.1, -0.05) is 32.9 Å². The molecule has 1 fully saturated rings. The number of fused-ring (bicyclic) bond motifs is 1. The molecular weight excluding hydrogens is 366 g/mol. The Bertz CT molecular complexity index is 1170. The minimum atomic E-state index is -0.130. The molecular formula is C22H27N5O2. The third kappa shape index (κ3) is 3.57. The standard InChI is InChI=1S/C22H27N5O2/c1-22(2,3)18-11-12-19(28)27(24-18)14-15-8-7-13-26(15)21-23-17-10-6-5-9-16(17)20(29)25(21)4/h5-6,9-12,15H,7-8,13-14H2,1-4H3. The molecule has 1 aliphatic rings. The van der Waals surface area contributed by atoms with Crippen LogP contribution in [0.25, 0.3) is 10.9 Å². The van der Waals surface area contributed by atoms with Crippen molar-refractivity contribution in [2.75, 3.05) is 11.4 Å². The predicted molar refractivity (Wildman–Crippen MR) is 115 cm³/mol. The maximum atomic E-state index is 12.8. The van der Waals surface area contributed by atoms with E-state index in [0.717, 1.165) is 25.1 Å². The molecule has 4 rings (SSSR count). The Morgan fingerprint density at radius 1 is 1.10 bits per heavy atom. The fourth-order valence-electron chi connectivity index (χ4n) is 3.93. The van der Waals surface area contributed by atoms with Gasteiger partial charge in [-0.2, -0.15) is 5.10 Å². The highest BCUT2D eigenvalue weighted by Gasteiger charge is 2.29. The summed E-state index contributed by atoms with van der Waals surface area (Å²) < 4.78 is 3.17. The molecule has 2 aromatic heterocycles. The van der Waals surface area contributed by atoms with Gasteiger partial charge in [-0.15, -0.1) is 0 Å². The van der Waals surface area contributed by atoms with Gasteiger partial charge in [0.2, 0.25) is 5.95 Å². The van der Waals surface area contributed by atoms with Crippen LogP contribution in [-0.4, -0.2) is 31.9 Å². The van der Waals surface area contributed by atoms with E-state index in [1.54, 1.807) is 34.5 Å². The van der Waals surface area contributed by atoms with E-state index >= 15 is 0 Å². The van der Waals surface area contributed by atoms with Crippen molar-refractivity contribution >= 4 is 16.9 Å². The van der Waals surface area contributed by atoms with Crippen LogP contribution in [0.5, 0.6) is 0 Å². The summed E-state index contributed by atoms with van der Waals surface area (Å²) in [6.45, 7) is 7.53. The number of rotatable bonds is 3. The van der Waals surface area contributed by atoms with Crippen molar-refractivity contribution in [3.63, 3.8) is 0 Å². The molecule has 0 saturated carbocycles. The van der Waals surface area contributed by atoms with Crippen molar-refractivity contribution in [1.82, 2.24) is 19.3 Å². The van der Waals surface area contributed by atoms with Crippen molar-refractivity contribution in [3.05, 3.63) is 62.8 Å². The highest BCUT2D eigenvalue weighted by Crippen LogP contribution is 2.25. The summed E-state index contributed by atoms with van der Waals surface area (Å²) in [6, 6.07) is 10.9. The maximum Gasteiger partial charge on any atom is 0.266 e. The Balaban J connectivity index is 1.71. The van der Waals surface area contributed by atoms with E-state index in [9.17, 15) is 9.59 Å². The zero-order valence-corrected chi connectivity index (χ0v) is 17.4. The SMILES string of the molecule is Cn1c(N2CCCC2Cn2nc(C(C)(C)C)ccc2=O)nc2ccccc2c1=O. The summed E-state index contributed by atoms with van der Waals surface area (Å²) >= 11 is 0. The molecule has 7 heteroatoms. The molecule has 0 bridgehead atoms. The van der Waals surface area contributed by atoms with Crippen LogP contribution in [0.2, 0.25) is 0 Å². The summed E-state index contributed by atoms with van der Waals surface area (Å²) in [7, 11) is 1.76.